The number of amides is 2. The van der Waals surface area contributed by atoms with Crippen LogP contribution in [0.4, 0.5) is 0 Å². The molecule has 1 N–H and O–H groups in total. The molecule has 1 rings (SSSR count). The molecule has 0 aliphatic carbocycles. The standard InChI is InChI=1S/C11H17NO4/c1-3-11(4-2,10(15)16)12-8(13)6-5-7-9(12)14/h3-7H2,1-2H3,(H,15,16). The number of aliphatic carboxylic acids is 1. The summed E-state index contributed by atoms with van der Waals surface area (Å²) in [6.07, 6.45) is 1.55. The smallest absolute Gasteiger partial charge is 0.330 e. The second-order valence-electron chi connectivity index (χ2n) is 4.02. The van der Waals surface area contributed by atoms with Gasteiger partial charge in [0.1, 0.15) is 5.54 Å². The second kappa shape index (κ2) is 4.63. The first-order valence-corrected chi connectivity index (χ1v) is 5.59. The lowest BCUT2D eigenvalue weighted by Crippen LogP contribution is -2.60. The van der Waals surface area contributed by atoms with Crippen molar-refractivity contribution >= 4 is 17.8 Å². The van der Waals surface area contributed by atoms with Gasteiger partial charge in [0.25, 0.3) is 0 Å². The molecule has 1 aliphatic rings. The van der Waals surface area contributed by atoms with Gasteiger partial charge in [-0.25, -0.2) is 4.79 Å². The van der Waals surface area contributed by atoms with Crippen LogP contribution in [0.2, 0.25) is 0 Å². The van der Waals surface area contributed by atoms with Gasteiger partial charge < -0.3 is 5.11 Å². The Morgan fingerprint density at radius 1 is 1.25 bits per heavy atom. The summed E-state index contributed by atoms with van der Waals surface area (Å²) < 4.78 is 0. The summed E-state index contributed by atoms with van der Waals surface area (Å²) >= 11 is 0. The van der Waals surface area contributed by atoms with Crippen LogP contribution in [-0.2, 0) is 14.4 Å². The van der Waals surface area contributed by atoms with E-state index in [1.165, 1.54) is 0 Å². The quantitative estimate of drug-likeness (QED) is 0.731. The predicted molar refractivity (Wildman–Crippen MR) is 56.7 cm³/mol. The van der Waals surface area contributed by atoms with Crippen LogP contribution in [0.1, 0.15) is 46.0 Å². The third-order valence-corrected chi connectivity index (χ3v) is 3.28. The summed E-state index contributed by atoms with van der Waals surface area (Å²) in [7, 11) is 0. The summed E-state index contributed by atoms with van der Waals surface area (Å²) in [5.41, 5.74) is -1.35. The Morgan fingerprint density at radius 3 is 2.00 bits per heavy atom. The van der Waals surface area contributed by atoms with Crippen molar-refractivity contribution in [1.29, 1.82) is 0 Å². The van der Waals surface area contributed by atoms with Crippen molar-refractivity contribution < 1.29 is 19.5 Å². The molecule has 1 heterocycles. The van der Waals surface area contributed by atoms with Gasteiger partial charge in [-0.05, 0) is 19.3 Å². The molecule has 0 radical (unpaired) electrons. The molecule has 1 saturated heterocycles. The van der Waals surface area contributed by atoms with E-state index < -0.39 is 11.5 Å². The van der Waals surface area contributed by atoms with Gasteiger partial charge in [0.15, 0.2) is 0 Å². The Labute approximate surface area is 94.4 Å². The number of carboxylic acid groups (broad SMARTS) is 1. The molecule has 5 heteroatoms. The van der Waals surface area contributed by atoms with E-state index in [9.17, 15) is 19.5 Å². The Balaban J connectivity index is 3.14. The fraction of sp³-hybridized carbons (Fsp3) is 0.727. The number of hydrogen-bond donors (Lipinski definition) is 1. The maximum absolute atomic E-state index is 11.7. The lowest BCUT2D eigenvalue weighted by Gasteiger charge is -2.39. The van der Waals surface area contributed by atoms with E-state index in [1.54, 1.807) is 13.8 Å². The number of hydrogen-bond acceptors (Lipinski definition) is 3. The van der Waals surface area contributed by atoms with E-state index in [2.05, 4.69) is 0 Å². The number of carbonyl (C=O) groups is 3. The first kappa shape index (κ1) is 12.7. The molecule has 0 unspecified atom stereocenters. The fourth-order valence-electron chi connectivity index (χ4n) is 2.20. The molecule has 16 heavy (non-hydrogen) atoms. The summed E-state index contributed by atoms with van der Waals surface area (Å²) in [6, 6.07) is 0. The SMILES string of the molecule is CCC(CC)(C(=O)O)N1C(=O)CCCC1=O. The number of likely N-dealkylation sites (tertiary alicyclic amines) is 1. The molecule has 5 nitrogen and oxygen atoms in total. The molecule has 1 aliphatic heterocycles. The third kappa shape index (κ3) is 1.81. The zero-order valence-corrected chi connectivity index (χ0v) is 9.65. The van der Waals surface area contributed by atoms with Gasteiger partial charge in [-0.3, -0.25) is 14.5 Å². The van der Waals surface area contributed by atoms with Crippen molar-refractivity contribution in [2.45, 2.75) is 51.5 Å². The van der Waals surface area contributed by atoms with Crippen LogP contribution in [0, 0.1) is 0 Å². The van der Waals surface area contributed by atoms with E-state index in [0.29, 0.717) is 6.42 Å². The van der Waals surface area contributed by atoms with Crippen LogP contribution in [-0.4, -0.2) is 33.3 Å². The predicted octanol–water partition coefficient (Wildman–Crippen LogP) is 1.17. The van der Waals surface area contributed by atoms with Crippen molar-refractivity contribution in [1.82, 2.24) is 4.90 Å². The molecule has 0 spiro atoms. The highest BCUT2D eigenvalue weighted by Crippen LogP contribution is 2.29. The lowest BCUT2D eigenvalue weighted by atomic mass is 9.88. The molecular weight excluding hydrogens is 210 g/mol. The minimum Gasteiger partial charge on any atom is -0.479 e. The minimum absolute atomic E-state index is 0.246. The zero-order valence-electron chi connectivity index (χ0n) is 9.65. The normalized spacial score (nSPS) is 17.8. The number of rotatable bonds is 4. The first-order valence-electron chi connectivity index (χ1n) is 5.59. The van der Waals surface area contributed by atoms with Crippen LogP contribution in [0.3, 0.4) is 0 Å². The minimum atomic E-state index is -1.35. The molecular formula is C11H17NO4. The summed E-state index contributed by atoms with van der Waals surface area (Å²) in [6.45, 7) is 3.37. The summed E-state index contributed by atoms with van der Waals surface area (Å²) in [5.74, 6) is -1.81. The number of carboxylic acids is 1. The second-order valence-corrected chi connectivity index (χ2v) is 4.02. The van der Waals surface area contributed by atoms with Gasteiger partial charge in [-0.15, -0.1) is 0 Å². The lowest BCUT2D eigenvalue weighted by molar-refractivity contribution is -0.169. The monoisotopic (exact) mass is 227 g/mol. The van der Waals surface area contributed by atoms with Crippen molar-refractivity contribution in [3.05, 3.63) is 0 Å². The summed E-state index contributed by atoms with van der Waals surface area (Å²) in [5, 5.41) is 9.27. The van der Waals surface area contributed by atoms with E-state index in [4.69, 9.17) is 0 Å². The number of nitrogens with zero attached hydrogens (tertiary/aromatic N) is 1. The van der Waals surface area contributed by atoms with Crippen LogP contribution < -0.4 is 0 Å². The van der Waals surface area contributed by atoms with Gasteiger partial charge in [-0.2, -0.15) is 0 Å². The van der Waals surface area contributed by atoms with Gasteiger partial charge >= 0.3 is 5.97 Å². The zero-order chi connectivity index (χ0) is 12.3. The largest absolute Gasteiger partial charge is 0.479 e. The van der Waals surface area contributed by atoms with Crippen molar-refractivity contribution in [2.24, 2.45) is 0 Å². The van der Waals surface area contributed by atoms with Crippen LogP contribution in [0.15, 0.2) is 0 Å². The highest BCUT2D eigenvalue weighted by atomic mass is 16.4. The van der Waals surface area contributed by atoms with Gasteiger partial charge in [-0.1, -0.05) is 13.8 Å². The highest BCUT2D eigenvalue weighted by Gasteiger charge is 2.47. The Hall–Kier alpha value is -1.39. The molecule has 0 bridgehead atoms. The molecule has 0 aromatic carbocycles. The molecule has 0 aromatic rings. The van der Waals surface area contributed by atoms with Gasteiger partial charge in [0.05, 0.1) is 0 Å². The average molecular weight is 227 g/mol. The first-order chi connectivity index (χ1) is 7.49. The molecule has 0 saturated carbocycles. The maximum Gasteiger partial charge on any atom is 0.330 e. The molecule has 0 atom stereocenters. The fourth-order valence-corrected chi connectivity index (χ4v) is 2.20. The van der Waals surface area contributed by atoms with Gasteiger partial charge in [0.2, 0.25) is 11.8 Å². The molecule has 0 aromatic heterocycles. The van der Waals surface area contributed by atoms with Gasteiger partial charge in [0, 0.05) is 12.8 Å². The third-order valence-electron chi connectivity index (χ3n) is 3.28. The van der Waals surface area contributed by atoms with Crippen molar-refractivity contribution in [2.75, 3.05) is 0 Å². The average Bonchev–Trinajstić information content (AvgIpc) is 2.23. The van der Waals surface area contributed by atoms with Crippen LogP contribution in [0.5, 0.6) is 0 Å². The van der Waals surface area contributed by atoms with Crippen LogP contribution >= 0.6 is 0 Å². The molecule has 90 valence electrons. The van der Waals surface area contributed by atoms with E-state index >= 15 is 0 Å². The Kier molecular flexibility index (Phi) is 3.67. The van der Waals surface area contributed by atoms with Crippen molar-refractivity contribution in [3.63, 3.8) is 0 Å². The summed E-state index contributed by atoms with van der Waals surface area (Å²) in [4.78, 5) is 35.7. The maximum atomic E-state index is 11.7. The number of piperidine rings is 1. The number of imide groups is 1. The molecule has 2 amide bonds. The van der Waals surface area contributed by atoms with Crippen molar-refractivity contribution in [3.8, 4) is 0 Å². The highest BCUT2D eigenvalue weighted by molar-refractivity contribution is 6.02. The molecule has 1 fully saturated rings. The Morgan fingerprint density at radius 2 is 1.69 bits per heavy atom. The van der Waals surface area contributed by atoms with E-state index in [-0.39, 0.29) is 37.5 Å². The van der Waals surface area contributed by atoms with E-state index in [1.807, 2.05) is 0 Å². The topological polar surface area (TPSA) is 74.7 Å². The van der Waals surface area contributed by atoms with Crippen LogP contribution in [0.25, 0.3) is 0 Å². The van der Waals surface area contributed by atoms with E-state index in [0.717, 1.165) is 4.90 Å². The Bertz CT molecular complexity index is 304. The number of carbonyl (C=O) groups excluding carboxylic acids is 2.